The van der Waals surface area contributed by atoms with E-state index in [1.807, 2.05) is 0 Å². The molecule has 0 aliphatic carbocycles. The Balaban J connectivity index is 2.09. The second-order valence-corrected chi connectivity index (χ2v) is 5.87. The van der Waals surface area contributed by atoms with Gasteiger partial charge in [0.1, 0.15) is 5.75 Å². The van der Waals surface area contributed by atoms with Crippen LogP contribution in [0.3, 0.4) is 0 Å². The van der Waals surface area contributed by atoms with Gasteiger partial charge in [-0.05, 0) is 57.6 Å². The van der Waals surface area contributed by atoms with Crippen LogP contribution >= 0.6 is 0 Å². The molecule has 0 fully saturated rings. The van der Waals surface area contributed by atoms with E-state index < -0.39 is 0 Å². The molecule has 0 saturated heterocycles. The molecule has 1 atom stereocenters. The first-order chi connectivity index (χ1) is 9.02. The van der Waals surface area contributed by atoms with Crippen LogP contribution in [0.25, 0.3) is 0 Å². The Morgan fingerprint density at radius 2 is 2.16 bits per heavy atom. The average molecular weight is 262 g/mol. The molecule has 2 rings (SSSR count). The molecule has 3 nitrogen and oxygen atoms in total. The van der Waals surface area contributed by atoms with Crippen molar-refractivity contribution in [3.63, 3.8) is 0 Å². The number of benzene rings is 1. The van der Waals surface area contributed by atoms with Gasteiger partial charge in [0.05, 0.1) is 7.11 Å². The van der Waals surface area contributed by atoms with Crippen molar-refractivity contribution in [2.24, 2.45) is 0 Å². The van der Waals surface area contributed by atoms with E-state index in [-0.39, 0.29) is 0 Å². The summed E-state index contributed by atoms with van der Waals surface area (Å²) in [6, 6.07) is 7.06. The fraction of sp³-hybridized carbons (Fsp3) is 0.625. The van der Waals surface area contributed by atoms with Gasteiger partial charge in [0.2, 0.25) is 0 Å². The van der Waals surface area contributed by atoms with Crippen LogP contribution < -0.4 is 9.64 Å². The molecule has 1 aromatic rings. The van der Waals surface area contributed by atoms with Gasteiger partial charge in [-0.1, -0.05) is 0 Å². The molecule has 0 amide bonds. The predicted molar refractivity (Wildman–Crippen MR) is 81.4 cm³/mol. The zero-order chi connectivity index (χ0) is 14.0. The quantitative estimate of drug-likeness (QED) is 0.811. The molecule has 1 aliphatic rings. The standard InChI is InChI=1S/C16H26N2O/c1-12(2)17(3)9-8-13-11-18(4)16-7-6-14(19-5)10-15(13)16/h6-7,10,12-13H,8-9,11H2,1-5H3/t13-/m1/s1. The van der Waals surface area contributed by atoms with Crippen LogP contribution in [0.2, 0.25) is 0 Å². The molecule has 0 radical (unpaired) electrons. The second-order valence-electron chi connectivity index (χ2n) is 5.87. The molecular formula is C16H26N2O. The fourth-order valence-electron chi connectivity index (χ4n) is 2.73. The molecule has 0 saturated carbocycles. The first-order valence-electron chi connectivity index (χ1n) is 7.12. The maximum Gasteiger partial charge on any atom is 0.119 e. The van der Waals surface area contributed by atoms with Crippen LogP contribution in [0.15, 0.2) is 18.2 Å². The van der Waals surface area contributed by atoms with Crippen molar-refractivity contribution in [1.29, 1.82) is 0 Å². The van der Waals surface area contributed by atoms with E-state index in [1.165, 1.54) is 17.7 Å². The van der Waals surface area contributed by atoms with Gasteiger partial charge in [0.25, 0.3) is 0 Å². The van der Waals surface area contributed by atoms with Crippen molar-refractivity contribution in [3.8, 4) is 5.75 Å². The van der Waals surface area contributed by atoms with Gasteiger partial charge in [0, 0.05) is 31.2 Å². The number of anilines is 1. The molecule has 0 bridgehead atoms. The molecule has 1 aromatic carbocycles. The van der Waals surface area contributed by atoms with Crippen molar-refractivity contribution < 1.29 is 4.74 Å². The summed E-state index contributed by atoms with van der Waals surface area (Å²) in [5, 5.41) is 0. The highest BCUT2D eigenvalue weighted by atomic mass is 16.5. The number of ether oxygens (including phenoxy) is 1. The molecule has 106 valence electrons. The summed E-state index contributed by atoms with van der Waals surface area (Å²) in [5.41, 5.74) is 2.80. The molecule has 0 spiro atoms. The van der Waals surface area contributed by atoms with Gasteiger partial charge < -0.3 is 14.5 Å². The summed E-state index contributed by atoms with van der Waals surface area (Å²) in [4.78, 5) is 4.77. The predicted octanol–water partition coefficient (Wildman–Crippen LogP) is 2.96. The van der Waals surface area contributed by atoms with Crippen molar-refractivity contribution >= 4 is 5.69 Å². The first-order valence-corrected chi connectivity index (χ1v) is 7.12. The van der Waals surface area contributed by atoms with Gasteiger partial charge in [0.15, 0.2) is 0 Å². The topological polar surface area (TPSA) is 15.7 Å². The zero-order valence-electron chi connectivity index (χ0n) is 12.8. The summed E-state index contributed by atoms with van der Waals surface area (Å²) in [5.74, 6) is 1.59. The maximum atomic E-state index is 5.36. The van der Waals surface area contributed by atoms with E-state index >= 15 is 0 Å². The van der Waals surface area contributed by atoms with Crippen LogP contribution in [-0.2, 0) is 0 Å². The molecule has 1 aliphatic heterocycles. The van der Waals surface area contributed by atoms with Gasteiger partial charge in [-0.2, -0.15) is 0 Å². The highest BCUT2D eigenvalue weighted by Gasteiger charge is 2.26. The smallest absolute Gasteiger partial charge is 0.119 e. The van der Waals surface area contributed by atoms with E-state index in [2.05, 4.69) is 55.9 Å². The van der Waals surface area contributed by atoms with E-state index in [0.717, 1.165) is 18.8 Å². The minimum absolute atomic E-state index is 0.615. The Labute approximate surface area is 117 Å². The molecule has 0 N–H and O–H groups in total. The number of hydrogen-bond acceptors (Lipinski definition) is 3. The SMILES string of the molecule is COc1ccc2c(c1)[C@H](CCN(C)C(C)C)CN2C. The Kier molecular flexibility index (Phi) is 4.35. The lowest BCUT2D eigenvalue weighted by Crippen LogP contribution is -2.28. The van der Waals surface area contributed by atoms with Crippen molar-refractivity contribution in [3.05, 3.63) is 23.8 Å². The third-order valence-corrected chi connectivity index (χ3v) is 4.29. The number of rotatable bonds is 5. The Hall–Kier alpha value is -1.22. The summed E-state index contributed by atoms with van der Waals surface area (Å²) in [6.45, 7) is 6.76. The largest absolute Gasteiger partial charge is 0.497 e. The van der Waals surface area contributed by atoms with E-state index in [1.54, 1.807) is 7.11 Å². The fourth-order valence-corrected chi connectivity index (χ4v) is 2.73. The lowest BCUT2D eigenvalue weighted by molar-refractivity contribution is 0.264. The van der Waals surface area contributed by atoms with Crippen LogP contribution in [-0.4, -0.2) is 45.2 Å². The highest BCUT2D eigenvalue weighted by molar-refractivity contribution is 5.61. The lowest BCUT2D eigenvalue weighted by Gasteiger charge is -2.23. The first kappa shape index (κ1) is 14.2. The van der Waals surface area contributed by atoms with Crippen LogP contribution in [0.5, 0.6) is 5.75 Å². The number of likely N-dealkylation sites (N-methyl/N-ethyl adjacent to an activating group) is 1. The van der Waals surface area contributed by atoms with E-state index in [4.69, 9.17) is 4.74 Å². The molecule has 1 heterocycles. The normalized spacial score (nSPS) is 18.3. The highest BCUT2D eigenvalue weighted by Crippen LogP contribution is 2.39. The van der Waals surface area contributed by atoms with Gasteiger partial charge in [-0.3, -0.25) is 0 Å². The third kappa shape index (κ3) is 3.03. The molecular weight excluding hydrogens is 236 g/mol. The average Bonchev–Trinajstić information content (AvgIpc) is 2.72. The lowest BCUT2D eigenvalue weighted by atomic mass is 9.97. The number of hydrogen-bond donors (Lipinski definition) is 0. The van der Waals surface area contributed by atoms with Crippen molar-refractivity contribution in [2.45, 2.75) is 32.2 Å². The number of nitrogens with zero attached hydrogens (tertiary/aromatic N) is 2. The van der Waals surface area contributed by atoms with Crippen molar-refractivity contribution in [2.75, 3.05) is 39.2 Å². The maximum absolute atomic E-state index is 5.36. The number of fused-ring (bicyclic) bond motifs is 1. The van der Waals surface area contributed by atoms with Crippen LogP contribution in [0.4, 0.5) is 5.69 Å². The summed E-state index contributed by atoms with van der Waals surface area (Å²) >= 11 is 0. The van der Waals surface area contributed by atoms with Crippen LogP contribution in [0, 0.1) is 0 Å². The van der Waals surface area contributed by atoms with Gasteiger partial charge >= 0.3 is 0 Å². The monoisotopic (exact) mass is 262 g/mol. The summed E-state index contributed by atoms with van der Waals surface area (Å²) in [6.07, 6.45) is 1.21. The summed E-state index contributed by atoms with van der Waals surface area (Å²) < 4.78 is 5.36. The van der Waals surface area contributed by atoms with E-state index in [0.29, 0.717) is 12.0 Å². The molecule has 0 aromatic heterocycles. The Bertz CT molecular complexity index is 431. The Morgan fingerprint density at radius 1 is 1.42 bits per heavy atom. The second kappa shape index (κ2) is 5.83. The summed E-state index contributed by atoms with van der Waals surface area (Å²) in [7, 11) is 6.12. The van der Waals surface area contributed by atoms with Gasteiger partial charge in [-0.15, -0.1) is 0 Å². The van der Waals surface area contributed by atoms with Crippen LogP contribution in [0.1, 0.15) is 31.7 Å². The molecule has 0 unspecified atom stereocenters. The zero-order valence-corrected chi connectivity index (χ0v) is 12.8. The van der Waals surface area contributed by atoms with Gasteiger partial charge in [-0.25, -0.2) is 0 Å². The molecule has 19 heavy (non-hydrogen) atoms. The minimum Gasteiger partial charge on any atom is -0.497 e. The molecule has 3 heteroatoms. The third-order valence-electron chi connectivity index (χ3n) is 4.29. The Morgan fingerprint density at radius 3 is 2.79 bits per heavy atom. The minimum atomic E-state index is 0.615. The van der Waals surface area contributed by atoms with E-state index in [9.17, 15) is 0 Å². The number of methoxy groups -OCH3 is 1. The van der Waals surface area contributed by atoms with Crippen molar-refractivity contribution in [1.82, 2.24) is 4.90 Å².